The third-order valence-corrected chi connectivity index (χ3v) is 5.56. The Morgan fingerprint density at radius 2 is 1.80 bits per heavy atom. The smallest absolute Gasteiger partial charge is 0.255 e. The van der Waals surface area contributed by atoms with Crippen LogP contribution in [-0.4, -0.2) is 52.6 Å². The molecule has 0 spiro atoms. The van der Waals surface area contributed by atoms with Gasteiger partial charge in [0.15, 0.2) is 0 Å². The summed E-state index contributed by atoms with van der Waals surface area (Å²) in [4.78, 5) is 13.0. The largest absolute Gasteiger partial charge is 0.497 e. The lowest BCUT2D eigenvalue weighted by Crippen LogP contribution is -2.44. The van der Waals surface area contributed by atoms with Crippen molar-refractivity contribution in [3.05, 3.63) is 59.7 Å². The van der Waals surface area contributed by atoms with Gasteiger partial charge in [0.05, 0.1) is 19.3 Å². The van der Waals surface area contributed by atoms with E-state index in [0.29, 0.717) is 50.9 Å². The van der Waals surface area contributed by atoms with Crippen molar-refractivity contribution in [2.75, 3.05) is 46.7 Å². The minimum atomic E-state index is -0.162. The average molecular weight is 414 g/mol. The molecule has 1 amide bonds. The number of hydrogen-bond donors (Lipinski definition) is 1. The van der Waals surface area contributed by atoms with E-state index in [1.54, 1.807) is 13.2 Å². The van der Waals surface area contributed by atoms with Crippen LogP contribution in [0, 0.1) is 0 Å². The zero-order valence-electron chi connectivity index (χ0n) is 17.8. The fourth-order valence-electron chi connectivity index (χ4n) is 3.75. The van der Waals surface area contributed by atoms with Crippen molar-refractivity contribution in [1.29, 1.82) is 0 Å². The van der Waals surface area contributed by atoms with E-state index in [1.807, 2.05) is 37.3 Å². The maximum atomic E-state index is 13.0. The van der Waals surface area contributed by atoms with Gasteiger partial charge < -0.3 is 24.3 Å². The van der Waals surface area contributed by atoms with Crippen molar-refractivity contribution in [3.63, 3.8) is 0 Å². The SMILES string of the molecule is CCOCCOc1ccccc1C(=O)NCC1(c2ccc(OC)cc2)CCOCC1. The summed E-state index contributed by atoms with van der Waals surface area (Å²) in [5, 5.41) is 3.14. The molecule has 0 aliphatic carbocycles. The first-order valence-corrected chi connectivity index (χ1v) is 10.5. The number of carbonyl (C=O) groups excluding carboxylic acids is 1. The van der Waals surface area contributed by atoms with Gasteiger partial charge in [-0.1, -0.05) is 24.3 Å². The van der Waals surface area contributed by atoms with Crippen LogP contribution in [0.4, 0.5) is 0 Å². The molecule has 0 aromatic heterocycles. The summed E-state index contributed by atoms with van der Waals surface area (Å²) in [5.74, 6) is 1.25. The van der Waals surface area contributed by atoms with Crippen molar-refractivity contribution in [2.45, 2.75) is 25.2 Å². The van der Waals surface area contributed by atoms with Crippen LogP contribution in [0.2, 0.25) is 0 Å². The van der Waals surface area contributed by atoms with Crippen LogP contribution < -0.4 is 14.8 Å². The van der Waals surface area contributed by atoms with Crippen LogP contribution >= 0.6 is 0 Å². The number of carbonyl (C=O) groups is 1. The van der Waals surface area contributed by atoms with E-state index in [2.05, 4.69) is 17.4 Å². The number of amides is 1. The van der Waals surface area contributed by atoms with Gasteiger partial charge in [0, 0.05) is 31.8 Å². The van der Waals surface area contributed by atoms with Crippen molar-refractivity contribution >= 4 is 5.91 Å². The van der Waals surface area contributed by atoms with Gasteiger partial charge in [0.1, 0.15) is 18.1 Å². The summed E-state index contributed by atoms with van der Waals surface area (Å²) in [7, 11) is 1.66. The zero-order valence-corrected chi connectivity index (χ0v) is 17.8. The highest BCUT2D eigenvalue weighted by molar-refractivity contribution is 5.97. The summed E-state index contributed by atoms with van der Waals surface area (Å²) in [6.45, 7) is 5.38. The molecule has 1 aliphatic rings. The van der Waals surface area contributed by atoms with Crippen molar-refractivity contribution in [3.8, 4) is 11.5 Å². The Balaban J connectivity index is 1.70. The highest BCUT2D eigenvalue weighted by atomic mass is 16.5. The van der Waals surface area contributed by atoms with Crippen LogP contribution in [-0.2, 0) is 14.9 Å². The number of benzene rings is 2. The summed E-state index contributed by atoms with van der Waals surface area (Å²) in [6, 6.07) is 15.4. The van der Waals surface area contributed by atoms with Crippen LogP contribution in [0.3, 0.4) is 0 Å². The van der Waals surface area contributed by atoms with E-state index in [9.17, 15) is 4.79 Å². The quantitative estimate of drug-likeness (QED) is 0.603. The second kappa shape index (κ2) is 11.0. The molecule has 1 heterocycles. The molecule has 1 aliphatic heterocycles. The molecular formula is C24H31NO5. The molecule has 2 aromatic rings. The molecular weight excluding hydrogens is 382 g/mol. The second-order valence-electron chi connectivity index (χ2n) is 7.35. The molecule has 2 aromatic carbocycles. The predicted octanol–water partition coefficient (Wildman–Crippen LogP) is 3.59. The number of methoxy groups -OCH3 is 1. The molecule has 6 heteroatoms. The first kappa shape index (κ1) is 22.1. The highest BCUT2D eigenvalue weighted by Crippen LogP contribution is 2.35. The third-order valence-electron chi connectivity index (χ3n) is 5.56. The Morgan fingerprint density at radius 3 is 2.50 bits per heavy atom. The maximum absolute atomic E-state index is 13.0. The minimum absolute atomic E-state index is 0.138. The summed E-state index contributed by atoms with van der Waals surface area (Å²) in [6.07, 6.45) is 1.71. The lowest BCUT2D eigenvalue weighted by Gasteiger charge is -2.38. The Morgan fingerprint density at radius 1 is 1.07 bits per heavy atom. The number of ether oxygens (including phenoxy) is 4. The highest BCUT2D eigenvalue weighted by Gasteiger charge is 2.35. The molecule has 3 rings (SSSR count). The molecule has 1 N–H and O–H groups in total. The van der Waals surface area contributed by atoms with Gasteiger partial charge in [-0.05, 0) is 49.6 Å². The number of nitrogens with one attached hydrogen (secondary N) is 1. The molecule has 0 bridgehead atoms. The van der Waals surface area contributed by atoms with Crippen LogP contribution in [0.25, 0.3) is 0 Å². The van der Waals surface area contributed by atoms with Gasteiger partial charge in [-0.15, -0.1) is 0 Å². The zero-order chi connectivity index (χ0) is 21.2. The fourth-order valence-corrected chi connectivity index (χ4v) is 3.75. The summed E-state index contributed by atoms with van der Waals surface area (Å²) >= 11 is 0. The van der Waals surface area contributed by atoms with Gasteiger partial charge in [-0.3, -0.25) is 4.79 Å². The van der Waals surface area contributed by atoms with Gasteiger partial charge in [-0.2, -0.15) is 0 Å². The van der Waals surface area contributed by atoms with E-state index >= 15 is 0 Å². The molecule has 1 fully saturated rings. The molecule has 0 radical (unpaired) electrons. The molecule has 0 atom stereocenters. The van der Waals surface area contributed by atoms with E-state index in [1.165, 1.54) is 5.56 Å². The van der Waals surface area contributed by atoms with Gasteiger partial charge in [-0.25, -0.2) is 0 Å². The summed E-state index contributed by atoms with van der Waals surface area (Å²) in [5.41, 5.74) is 1.56. The van der Waals surface area contributed by atoms with E-state index in [-0.39, 0.29) is 11.3 Å². The van der Waals surface area contributed by atoms with E-state index in [0.717, 1.165) is 18.6 Å². The molecule has 0 saturated carbocycles. The van der Waals surface area contributed by atoms with E-state index in [4.69, 9.17) is 18.9 Å². The Labute approximate surface area is 178 Å². The minimum Gasteiger partial charge on any atom is -0.497 e. The Bertz CT molecular complexity index is 799. The Kier molecular flexibility index (Phi) is 8.11. The van der Waals surface area contributed by atoms with Crippen molar-refractivity contribution < 1.29 is 23.7 Å². The van der Waals surface area contributed by atoms with E-state index < -0.39 is 0 Å². The lowest BCUT2D eigenvalue weighted by molar-refractivity contribution is 0.0486. The molecule has 1 saturated heterocycles. The third kappa shape index (κ3) is 5.52. The van der Waals surface area contributed by atoms with Crippen LogP contribution in [0.5, 0.6) is 11.5 Å². The monoisotopic (exact) mass is 413 g/mol. The Hall–Kier alpha value is -2.57. The van der Waals surface area contributed by atoms with Gasteiger partial charge in [0.25, 0.3) is 5.91 Å². The summed E-state index contributed by atoms with van der Waals surface area (Å²) < 4.78 is 22.0. The van der Waals surface area contributed by atoms with Crippen LogP contribution in [0.15, 0.2) is 48.5 Å². The molecule has 162 valence electrons. The van der Waals surface area contributed by atoms with Gasteiger partial charge >= 0.3 is 0 Å². The molecule has 30 heavy (non-hydrogen) atoms. The predicted molar refractivity (Wildman–Crippen MR) is 115 cm³/mol. The maximum Gasteiger partial charge on any atom is 0.255 e. The topological polar surface area (TPSA) is 66.0 Å². The number of rotatable bonds is 10. The first-order chi connectivity index (χ1) is 14.7. The standard InChI is InChI=1S/C24H31NO5/c1-3-28-16-17-30-22-7-5-4-6-21(22)23(26)25-18-24(12-14-29-15-13-24)19-8-10-20(27-2)11-9-19/h4-11H,3,12-18H2,1-2H3,(H,25,26). The molecule has 0 unspecified atom stereocenters. The normalized spacial score (nSPS) is 15.4. The van der Waals surface area contributed by atoms with Crippen LogP contribution in [0.1, 0.15) is 35.7 Å². The number of para-hydroxylation sites is 1. The lowest BCUT2D eigenvalue weighted by atomic mass is 9.74. The van der Waals surface area contributed by atoms with Crippen molar-refractivity contribution in [1.82, 2.24) is 5.32 Å². The molecule has 6 nitrogen and oxygen atoms in total. The van der Waals surface area contributed by atoms with Gasteiger partial charge in [0.2, 0.25) is 0 Å². The van der Waals surface area contributed by atoms with Crippen molar-refractivity contribution in [2.24, 2.45) is 0 Å². The number of hydrogen-bond acceptors (Lipinski definition) is 5. The first-order valence-electron chi connectivity index (χ1n) is 10.5. The second-order valence-corrected chi connectivity index (χ2v) is 7.35. The average Bonchev–Trinajstić information content (AvgIpc) is 2.81. The fraction of sp³-hybridized carbons (Fsp3) is 0.458.